The molecule has 0 saturated carbocycles. The second-order valence-corrected chi connectivity index (χ2v) is 12.7. The van der Waals surface area contributed by atoms with Gasteiger partial charge in [0.2, 0.25) is 0 Å². The zero-order chi connectivity index (χ0) is 16.0. The molecular weight excluding hydrogens is 534 g/mol. The van der Waals surface area contributed by atoms with Gasteiger partial charge in [-0.05, 0) is 50.8 Å². The number of rotatable bonds is 3. The van der Waals surface area contributed by atoms with Gasteiger partial charge in [-0.2, -0.15) is 0 Å². The molecule has 1 aliphatic carbocycles. The quantitative estimate of drug-likeness (QED) is 0.507. The summed E-state index contributed by atoms with van der Waals surface area (Å²) >= 11 is 0. The van der Waals surface area contributed by atoms with E-state index in [1.807, 2.05) is 0 Å². The Balaban J connectivity index is 0.00000192. The standard InChI is InChI=1S/C19H30N2Si.2ClH.Hf/c1-19(2,3)20-22(4,5)18-16-11-7-6-10-15(16)14-17(18)21-12-8-9-13-21;;;/h6-7,10-11,14,18,20H,8-9,12-13H2,1-5H3;2*1H;. The van der Waals surface area contributed by atoms with Crippen LogP contribution in [0, 0.1) is 0 Å². The van der Waals surface area contributed by atoms with Crippen LogP contribution in [0.3, 0.4) is 0 Å². The Hall–Kier alpha value is 0.387. The molecule has 0 amide bonds. The first kappa shape index (κ1) is 25.4. The fraction of sp³-hybridized carbons (Fsp3) is 0.579. The van der Waals surface area contributed by atoms with Gasteiger partial charge in [0.25, 0.3) is 0 Å². The van der Waals surface area contributed by atoms with E-state index in [0.29, 0.717) is 5.54 Å². The molecule has 1 aromatic rings. The van der Waals surface area contributed by atoms with Crippen molar-refractivity contribution in [3.63, 3.8) is 0 Å². The molecule has 3 rings (SSSR count). The molecule has 0 radical (unpaired) electrons. The van der Waals surface area contributed by atoms with E-state index >= 15 is 0 Å². The summed E-state index contributed by atoms with van der Waals surface area (Å²) in [6, 6.07) is 9.00. The molecule has 1 saturated heterocycles. The van der Waals surface area contributed by atoms with E-state index in [1.165, 1.54) is 37.1 Å². The molecule has 1 N–H and O–H groups in total. The largest absolute Gasteiger partial charge is 0.375 e. The van der Waals surface area contributed by atoms with Crippen LogP contribution in [-0.4, -0.2) is 31.8 Å². The van der Waals surface area contributed by atoms with Crippen molar-refractivity contribution in [2.45, 2.75) is 57.8 Å². The molecule has 2 aliphatic rings. The van der Waals surface area contributed by atoms with Gasteiger partial charge in [0.05, 0.1) is 0 Å². The molecule has 2 nitrogen and oxygen atoms in total. The maximum Gasteiger partial charge on any atom is 0.133 e. The van der Waals surface area contributed by atoms with Crippen LogP contribution in [0.5, 0.6) is 0 Å². The van der Waals surface area contributed by atoms with Crippen molar-refractivity contribution >= 4 is 39.1 Å². The third kappa shape index (κ3) is 5.68. The first-order valence-electron chi connectivity index (χ1n) is 8.63. The number of halogens is 2. The molecule has 1 heterocycles. The van der Waals surface area contributed by atoms with Crippen molar-refractivity contribution < 1.29 is 25.8 Å². The van der Waals surface area contributed by atoms with Crippen LogP contribution in [0.25, 0.3) is 6.08 Å². The van der Waals surface area contributed by atoms with E-state index in [4.69, 9.17) is 0 Å². The summed E-state index contributed by atoms with van der Waals surface area (Å²) in [5.74, 6) is 0. The third-order valence-corrected chi connectivity index (χ3v) is 8.24. The molecule has 6 heteroatoms. The Labute approximate surface area is 185 Å². The summed E-state index contributed by atoms with van der Waals surface area (Å²) in [6.45, 7) is 14.3. The van der Waals surface area contributed by atoms with Crippen LogP contribution in [0.1, 0.15) is 50.3 Å². The van der Waals surface area contributed by atoms with Crippen molar-refractivity contribution in [2.75, 3.05) is 13.1 Å². The van der Waals surface area contributed by atoms with E-state index < -0.39 is 8.24 Å². The molecule has 1 aromatic carbocycles. The monoisotopic (exact) mass is 566 g/mol. The molecule has 140 valence electrons. The second kappa shape index (κ2) is 9.54. The Morgan fingerprint density at radius 3 is 2.16 bits per heavy atom. The maximum absolute atomic E-state index is 4.00. The average molecular weight is 566 g/mol. The summed E-state index contributed by atoms with van der Waals surface area (Å²) in [6.07, 6.45) is 5.15. The zero-order valence-corrected chi connectivity index (χ0v) is 22.3. The van der Waals surface area contributed by atoms with Gasteiger partial charge in [-0.3, -0.25) is 0 Å². The summed E-state index contributed by atoms with van der Waals surface area (Å²) in [4.78, 5) is 6.65. The van der Waals surface area contributed by atoms with Crippen LogP contribution in [0.2, 0.25) is 13.1 Å². The summed E-state index contributed by atoms with van der Waals surface area (Å²) in [7, 11) is -1.65. The van der Waals surface area contributed by atoms with E-state index in [-0.39, 0.29) is 56.2 Å². The van der Waals surface area contributed by atoms with Gasteiger partial charge >= 0.3 is 0 Å². The van der Waals surface area contributed by atoms with Crippen molar-refractivity contribution in [2.24, 2.45) is 0 Å². The molecule has 1 atom stereocenters. The van der Waals surface area contributed by atoms with Crippen LogP contribution in [0.4, 0.5) is 0 Å². The fourth-order valence-electron chi connectivity index (χ4n) is 4.35. The van der Waals surface area contributed by atoms with Crippen LogP contribution < -0.4 is 4.98 Å². The number of nitrogens with one attached hydrogen (secondary N) is 1. The molecule has 1 unspecified atom stereocenters. The molecule has 1 fully saturated rings. The van der Waals surface area contributed by atoms with Gasteiger partial charge in [-0.1, -0.05) is 37.4 Å². The minimum Gasteiger partial charge on any atom is -0.375 e. The molecular formula is C19H32Cl2HfN2Si. The second-order valence-electron chi connectivity index (χ2n) is 8.42. The average Bonchev–Trinajstić information content (AvgIpc) is 3.03. The third-order valence-electron chi connectivity index (χ3n) is 4.80. The number of allylic oxidation sites excluding steroid dienone is 1. The topological polar surface area (TPSA) is 15.3 Å². The molecule has 0 aromatic heterocycles. The van der Waals surface area contributed by atoms with E-state index in [9.17, 15) is 0 Å². The Morgan fingerprint density at radius 1 is 1.04 bits per heavy atom. The minimum atomic E-state index is -1.65. The van der Waals surface area contributed by atoms with Crippen molar-refractivity contribution in [3.8, 4) is 0 Å². The number of benzene rings is 1. The van der Waals surface area contributed by atoms with Gasteiger partial charge < -0.3 is 9.88 Å². The van der Waals surface area contributed by atoms with Crippen LogP contribution in [-0.2, 0) is 25.8 Å². The van der Waals surface area contributed by atoms with Crippen LogP contribution >= 0.6 is 24.8 Å². The Kier molecular flexibility index (Phi) is 9.69. The number of likely N-dealkylation sites (tertiary alicyclic amines) is 1. The van der Waals surface area contributed by atoms with Gasteiger partial charge in [-0.15, -0.1) is 24.8 Å². The van der Waals surface area contributed by atoms with Crippen molar-refractivity contribution in [1.82, 2.24) is 9.88 Å². The SMILES string of the molecule is CC(C)(C)N[Si](C)(C)C1C(N2CCCC2)=Cc2ccccc21.Cl.Cl.[Hf]. The minimum absolute atomic E-state index is 0. The first-order chi connectivity index (χ1) is 10.3. The summed E-state index contributed by atoms with van der Waals surface area (Å²) in [5, 5.41) is 0. The summed E-state index contributed by atoms with van der Waals surface area (Å²) < 4.78 is 0. The number of nitrogens with zero attached hydrogens (tertiary/aromatic N) is 1. The normalized spacial score (nSPS) is 19.3. The van der Waals surface area contributed by atoms with Gasteiger partial charge in [0, 0.05) is 55.7 Å². The fourth-order valence-corrected chi connectivity index (χ4v) is 8.48. The molecule has 25 heavy (non-hydrogen) atoms. The summed E-state index contributed by atoms with van der Waals surface area (Å²) in [5.41, 5.74) is 5.29. The Morgan fingerprint density at radius 2 is 1.60 bits per heavy atom. The van der Waals surface area contributed by atoms with Crippen LogP contribution in [0.15, 0.2) is 30.0 Å². The smallest absolute Gasteiger partial charge is 0.133 e. The number of hydrogen-bond acceptors (Lipinski definition) is 2. The maximum atomic E-state index is 4.00. The van der Waals surface area contributed by atoms with Gasteiger partial charge in [-0.25, -0.2) is 0 Å². The van der Waals surface area contributed by atoms with Crippen molar-refractivity contribution in [1.29, 1.82) is 0 Å². The van der Waals surface area contributed by atoms with Crippen molar-refractivity contribution in [3.05, 3.63) is 41.1 Å². The van der Waals surface area contributed by atoms with E-state index in [1.54, 1.807) is 5.70 Å². The molecule has 1 aliphatic heterocycles. The predicted molar refractivity (Wildman–Crippen MR) is 113 cm³/mol. The predicted octanol–water partition coefficient (Wildman–Crippen LogP) is 5.19. The van der Waals surface area contributed by atoms with Gasteiger partial charge in [0.15, 0.2) is 0 Å². The first-order valence-corrected chi connectivity index (χ1v) is 11.7. The molecule has 0 bridgehead atoms. The Bertz CT molecular complexity index is 593. The van der Waals surface area contributed by atoms with E-state index in [2.05, 4.69) is 74.1 Å². The van der Waals surface area contributed by atoms with Gasteiger partial charge in [0.1, 0.15) is 8.24 Å². The molecule has 0 spiro atoms. The number of hydrogen-bond donors (Lipinski definition) is 1. The van der Waals surface area contributed by atoms with E-state index in [0.717, 1.165) is 0 Å². The zero-order valence-electron chi connectivity index (χ0n) is 16.1. The number of fused-ring (bicyclic) bond motifs is 1.